The molecular weight excluding hydrogens is 525 g/mol. The van der Waals surface area contributed by atoms with Gasteiger partial charge < -0.3 is 20.1 Å². The predicted molar refractivity (Wildman–Crippen MR) is 143 cm³/mol. The van der Waals surface area contributed by atoms with Gasteiger partial charge in [-0.05, 0) is 60.9 Å². The third-order valence-electron chi connectivity index (χ3n) is 7.21. The molecule has 0 aliphatic carbocycles. The number of hydrogen-bond donors (Lipinski definition) is 2. The van der Waals surface area contributed by atoms with Gasteiger partial charge in [0.05, 0.1) is 24.8 Å². The summed E-state index contributed by atoms with van der Waals surface area (Å²) < 4.78 is 46.8. The molecule has 11 heteroatoms. The molecule has 2 N–H and O–H groups in total. The van der Waals surface area contributed by atoms with Gasteiger partial charge in [-0.25, -0.2) is 14.8 Å². The zero-order valence-electron chi connectivity index (χ0n) is 22.2. The van der Waals surface area contributed by atoms with E-state index in [-0.39, 0.29) is 30.4 Å². The van der Waals surface area contributed by atoms with Crippen LogP contribution in [0.5, 0.6) is 0 Å². The molecule has 4 rings (SSSR count). The lowest BCUT2D eigenvalue weighted by molar-refractivity contribution is -0.143. The van der Waals surface area contributed by atoms with Crippen LogP contribution in [0.3, 0.4) is 0 Å². The monoisotopic (exact) mass is 556 g/mol. The maximum atomic E-state index is 14.0. The van der Waals surface area contributed by atoms with Gasteiger partial charge in [0, 0.05) is 30.9 Å². The molecule has 0 radical (unpaired) electrons. The number of carbonyl (C=O) groups excluding carboxylic acids is 1. The number of carbonyl (C=O) groups is 2. The molecule has 0 saturated carbocycles. The maximum absolute atomic E-state index is 14.0. The first-order valence-corrected chi connectivity index (χ1v) is 13.0. The molecule has 1 amide bonds. The van der Waals surface area contributed by atoms with E-state index >= 15 is 0 Å². The van der Waals surface area contributed by atoms with Gasteiger partial charge in [0.1, 0.15) is 0 Å². The van der Waals surface area contributed by atoms with Crippen LogP contribution in [0.2, 0.25) is 0 Å². The largest absolute Gasteiger partial charge is 0.469 e. The van der Waals surface area contributed by atoms with E-state index in [1.807, 2.05) is 25.1 Å². The van der Waals surface area contributed by atoms with Crippen LogP contribution in [-0.2, 0) is 22.1 Å². The van der Waals surface area contributed by atoms with Crippen molar-refractivity contribution >= 4 is 23.7 Å². The van der Waals surface area contributed by atoms with Gasteiger partial charge >= 0.3 is 18.2 Å². The van der Waals surface area contributed by atoms with E-state index in [0.29, 0.717) is 31.6 Å². The fraction of sp³-hybridized carbons (Fsp3) is 0.379. The zero-order chi connectivity index (χ0) is 28.9. The van der Waals surface area contributed by atoms with Crippen LogP contribution in [-0.4, -0.2) is 52.2 Å². The van der Waals surface area contributed by atoms with Crippen LogP contribution < -0.4 is 5.32 Å². The molecule has 1 unspecified atom stereocenters. The van der Waals surface area contributed by atoms with Crippen LogP contribution in [0.4, 0.5) is 29.6 Å². The molecule has 1 aliphatic rings. The Morgan fingerprint density at radius 1 is 1.15 bits per heavy atom. The van der Waals surface area contributed by atoms with Gasteiger partial charge in [0.25, 0.3) is 0 Å². The minimum atomic E-state index is -4.71. The smallest absolute Gasteiger partial charge is 0.419 e. The van der Waals surface area contributed by atoms with Crippen molar-refractivity contribution in [3.63, 3.8) is 0 Å². The van der Waals surface area contributed by atoms with Crippen molar-refractivity contribution in [2.45, 2.75) is 50.6 Å². The summed E-state index contributed by atoms with van der Waals surface area (Å²) in [5.74, 6) is -1.33. The number of esters is 1. The molecule has 0 bridgehead atoms. The number of nitrogens with zero attached hydrogens (tertiary/aromatic N) is 3. The Bertz CT molecular complexity index is 1340. The Labute approximate surface area is 230 Å². The van der Waals surface area contributed by atoms with E-state index in [1.165, 1.54) is 12.0 Å². The molecule has 1 aromatic heterocycles. The van der Waals surface area contributed by atoms with Crippen molar-refractivity contribution in [1.29, 1.82) is 0 Å². The topological polar surface area (TPSA) is 105 Å². The van der Waals surface area contributed by atoms with Crippen molar-refractivity contribution in [3.8, 4) is 0 Å². The Kier molecular flexibility index (Phi) is 8.91. The summed E-state index contributed by atoms with van der Waals surface area (Å²) in [6.07, 6.45) is -3.57. The van der Waals surface area contributed by atoms with E-state index in [1.54, 1.807) is 30.3 Å². The number of halogens is 3. The summed E-state index contributed by atoms with van der Waals surface area (Å²) in [5.41, 5.74) is 2.16. The standard InChI is InChI=1S/C29H31F3N4O4/c1-18-14-22(8-9-23(18)20-10-12-36(13-11-20)28(38)39)34-27-33-17-24(29(30,31)32)26(35-27)21(16-25(37)40-2)15-19-6-4-3-5-7-19/h3-9,14,17,20-21H,10-13,15-16H2,1-2H3,(H,38,39)(H,33,34,35). The average molecular weight is 557 g/mol. The molecule has 40 heavy (non-hydrogen) atoms. The molecule has 2 aromatic carbocycles. The van der Waals surface area contributed by atoms with E-state index < -0.39 is 29.7 Å². The number of anilines is 2. The van der Waals surface area contributed by atoms with Crippen molar-refractivity contribution in [2.75, 3.05) is 25.5 Å². The normalized spacial score (nSPS) is 15.0. The Balaban J connectivity index is 1.61. The van der Waals surface area contributed by atoms with Gasteiger partial charge in [-0.3, -0.25) is 4.79 Å². The highest BCUT2D eigenvalue weighted by atomic mass is 19.4. The first-order valence-electron chi connectivity index (χ1n) is 13.0. The number of methoxy groups -OCH3 is 1. The lowest BCUT2D eigenvalue weighted by Crippen LogP contribution is -2.36. The van der Waals surface area contributed by atoms with Crippen molar-refractivity contribution in [2.24, 2.45) is 0 Å². The predicted octanol–water partition coefficient (Wildman–Crippen LogP) is 6.29. The number of carboxylic acid groups (broad SMARTS) is 1. The Hall–Kier alpha value is -4.15. The number of rotatable bonds is 8. The number of nitrogens with one attached hydrogen (secondary N) is 1. The fourth-order valence-electron chi connectivity index (χ4n) is 5.16. The van der Waals surface area contributed by atoms with Crippen LogP contribution in [0.15, 0.2) is 54.7 Å². The molecule has 1 atom stereocenters. The first-order chi connectivity index (χ1) is 19.0. The first kappa shape index (κ1) is 28.8. The third-order valence-corrected chi connectivity index (χ3v) is 7.21. The van der Waals surface area contributed by atoms with E-state index in [0.717, 1.165) is 22.9 Å². The number of ether oxygens (including phenoxy) is 1. The van der Waals surface area contributed by atoms with Gasteiger partial charge in [-0.1, -0.05) is 36.4 Å². The number of piperidine rings is 1. The molecule has 0 spiro atoms. The highest BCUT2D eigenvalue weighted by molar-refractivity contribution is 5.70. The van der Waals surface area contributed by atoms with Gasteiger partial charge in [-0.15, -0.1) is 0 Å². The number of benzene rings is 2. The number of amides is 1. The minimum Gasteiger partial charge on any atom is -0.469 e. The van der Waals surface area contributed by atoms with E-state index in [2.05, 4.69) is 15.3 Å². The second-order valence-electron chi connectivity index (χ2n) is 9.90. The number of alkyl halides is 3. The highest BCUT2D eigenvalue weighted by Crippen LogP contribution is 2.37. The molecule has 2 heterocycles. The van der Waals surface area contributed by atoms with Crippen molar-refractivity contribution in [3.05, 3.63) is 82.7 Å². The number of hydrogen-bond acceptors (Lipinski definition) is 6. The van der Waals surface area contributed by atoms with Crippen LogP contribution in [0.25, 0.3) is 0 Å². The van der Waals surface area contributed by atoms with Crippen molar-refractivity contribution in [1.82, 2.24) is 14.9 Å². The summed E-state index contributed by atoms with van der Waals surface area (Å²) in [4.78, 5) is 33.0. The minimum absolute atomic E-state index is 0.0205. The highest BCUT2D eigenvalue weighted by Gasteiger charge is 2.38. The van der Waals surface area contributed by atoms with Crippen LogP contribution in [0.1, 0.15) is 59.0 Å². The van der Waals surface area contributed by atoms with Gasteiger partial charge in [-0.2, -0.15) is 13.2 Å². The molecular formula is C29H31F3N4O4. The quantitative estimate of drug-likeness (QED) is 0.314. The second kappa shape index (κ2) is 12.4. The lowest BCUT2D eigenvalue weighted by atomic mass is 9.87. The Morgan fingerprint density at radius 2 is 1.85 bits per heavy atom. The number of aromatic nitrogens is 2. The zero-order valence-corrected chi connectivity index (χ0v) is 22.2. The number of aryl methyl sites for hydroxylation is 1. The van der Waals surface area contributed by atoms with Crippen LogP contribution in [0, 0.1) is 6.92 Å². The second-order valence-corrected chi connectivity index (χ2v) is 9.90. The molecule has 212 valence electrons. The average Bonchev–Trinajstić information content (AvgIpc) is 2.92. The molecule has 1 aliphatic heterocycles. The third kappa shape index (κ3) is 7.08. The lowest BCUT2D eigenvalue weighted by Gasteiger charge is -2.31. The SMILES string of the molecule is COC(=O)CC(Cc1ccccc1)c1nc(Nc2ccc(C3CCN(C(=O)O)CC3)c(C)c2)ncc1C(F)(F)F. The van der Waals surface area contributed by atoms with E-state index in [4.69, 9.17) is 4.74 Å². The summed E-state index contributed by atoms with van der Waals surface area (Å²) in [6.45, 7) is 2.88. The summed E-state index contributed by atoms with van der Waals surface area (Å²) in [7, 11) is 1.20. The van der Waals surface area contributed by atoms with Gasteiger partial charge in [0.2, 0.25) is 5.95 Å². The summed E-state index contributed by atoms with van der Waals surface area (Å²) >= 11 is 0. The van der Waals surface area contributed by atoms with E-state index in [9.17, 15) is 27.9 Å². The molecule has 8 nitrogen and oxygen atoms in total. The molecule has 1 fully saturated rings. The Morgan fingerprint density at radius 3 is 2.45 bits per heavy atom. The molecule has 3 aromatic rings. The van der Waals surface area contributed by atoms with Gasteiger partial charge in [0.15, 0.2) is 0 Å². The molecule has 1 saturated heterocycles. The van der Waals surface area contributed by atoms with Crippen LogP contribution >= 0.6 is 0 Å². The fourth-order valence-corrected chi connectivity index (χ4v) is 5.16. The number of likely N-dealkylation sites (tertiary alicyclic amines) is 1. The maximum Gasteiger partial charge on any atom is 0.419 e. The summed E-state index contributed by atoms with van der Waals surface area (Å²) in [6, 6.07) is 14.6. The summed E-state index contributed by atoms with van der Waals surface area (Å²) in [5, 5.41) is 12.2. The van der Waals surface area contributed by atoms with Crippen molar-refractivity contribution < 1.29 is 32.6 Å².